The molecule has 0 fully saturated rings. The van der Waals surface area contributed by atoms with Crippen molar-refractivity contribution in [1.82, 2.24) is 30.8 Å². The Morgan fingerprint density at radius 1 is 0.724 bits per heavy atom. The molecule has 0 aliphatic rings. The Balaban J connectivity index is 1.61. The number of tetrazole rings is 1. The van der Waals surface area contributed by atoms with Crippen LogP contribution in [0.3, 0.4) is 0 Å². The summed E-state index contributed by atoms with van der Waals surface area (Å²) >= 11 is 0. The minimum Gasteiger partial charge on any atom is -0.457 e. The molecule has 5 aromatic rings. The monoisotopic (exact) mass is 380 g/mol. The summed E-state index contributed by atoms with van der Waals surface area (Å²) in [5.41, 5.74) is 4.96. The zero-order valence-corrected chi connectivity index (χ0v) is 15.3. The van der Waals surface area contributed by atoms with Gasteiger partial charge in [0.25, 0.3) is 0 Å². The van der Waals surface area contributed by atoms with Crippen LogP contribution >= 0.6 is 0 Å². The van der Waals surface area contributed by atoms with E-state index in [0.29, 0.717) is 5.82 Å². The first kappa shape index (κ1) is 16.9. The van der Waals surface area contributed by atoms with Gasteiger partial charge in [0, 0.05) is 17.3 Å². The van der Waals surface area contributed by atoms with Crippen LogP contribution in [-0.2, 0) is 0 Å². The normalized spacial score (nSPS) is 10.8. The molecule has 2 heterocycles. The Kier molecular flexibility index (Phi) is 4.31. The van der Waals surface area contributed by atoms with E-state index < -0.39 is 0 Å². The standard InChI is InChI=1S/C22H16N6O/c1-2-7-18(8-3-1)29-19-9-10-20(17-13-23-24-14-17)21(12-19)15-5-4-6-16(11-15)22-25-27-28-26-22/h1-14H,(H,23,24)(H,25,26,27,28). The molecule has 0 saturated carbocycles. The number of hydrogen-bond donors (Lipinski definition) is 2. The lowest BCUT2D eigenvalue weighted by Crippen LogP contribution is -1.90. The van der Waals surface area contributed by atoms with Crippen molar-refractivity contribution in [2.45, 2.75) is 0 Å². The van der Waals surface area contributed by atoms with Gasteiger partial charge < -0.3 is 4.74 Å². The van der Waals surface area contributed by atoms with Crippen molar-refractivity contribution < 1.29 is 4.74 Å². The van der Waals surface area contributed by atoms with Crippen molar-refractivity contribution in [2.75, 3.05) is 0 Å². The smallest absolute Gasteiger partial charge is 0.204 e. The molecule has 7 nitrogen and oxygen atoms in total. The molecule has 0 unspecified atom stereocenters. The van der Waals surface area contributed by atoms with Crippen LogP contribution in [0.25, 0.3) is 33.6 Å². The van der Waals surface area contributed by atoms with E-state index >= 15 is 0 Å². The minimum absolute atomic E-state index is 0.549. The van der Waals surface area contributed by atoms with E-state index in [4.69, 9.17) is 4.74 Å². The van der Waals surface area contributed by atoms with E-state index in [1.165, 1.54) is 0 Å². The molecule has 29 heavy (non-hydrogen) atoms. The molecule has 0 atom stereocenters. The summed E-state index contributed by atoms with van der Waals surface area (Å²) in [4.78, 5) is 0. The molecule has 5 rings (SSSR count). The maximum absolute atomic E-state index is 6.05. The summed E-state index contributed by atoms with van der Waals surface area (Å²) in [6.45, 7) is 0. The van der Waals surface area contributed by atoms with Gasteiger partial charge in [-0.05, 0) is 58.3 Å². The van der Waals surface area contributed by atoms with Crippen LogP contribution in [0.15, 0.2) is 85.2 Å². The fourth-order valence-corrected chi connectivity index (χ4v) is 3.21. The van der Waals surface area contributed by atoms with Gasteiger partial charge in [0.15, 0.2) is 0 Å². The average molecular weight is 380 g/mol. The lowest BCUT2D eigenvalue weighted by molar-refractivity contribution is 0.483. The SMILES string of the molecule is c1ccc(Oc2ccc(-c3cn[nH]c3)c(-c3cccc(-c4nn[nH]n4)c3)c2)cc1. The van der Waals surface area contributed by atoms with Gasteiger partial charge in [-0.25, -0.2) is 0 Å². The molecule has 3 aromatic carbocycles. The molecule has 0 bridgehead atoms. The zero-order valence-electron chi connectivity index (χ0n) is 15.3. The van der Waals surface area contributed by atoms with Crippen LogP contribution in [0.1, 0.15) is 0 Å². The van der Waals surface area contributed by atoms with E-state index in [9.17, 15) is 0 Å². The molecule has 140 valence electrons. The summed E-state index contributed by atoms with van der Waals surface area (Å²) in [5, 5.41) is 21.3. The van der Waals surface area contributed by atoms with Crippen LogP contribution in [0.5, 0.6) is 11.5 Å². The summed E-state index contributed by atoms with van der Waals surface area (Å²) in [7, 11) is 0. The summed E-state index contributed by atoms with van der Waals surface area (Å²) < 4.78 is 6.05. The van der Waals surface area contributed by atoms with Crippen LogP contribution in [0, 0.1) is 0 Å². The van der Waals surface area contributed by atoms with Crippen molar-refractivity contribution in [2.24, 2.45) is 0 Å². The molecule has 0 amide bonds. The third-order valence-electron chi connectivity index (χ3n) is 4.56. The summed E-state index contributed by atoms with van der Waals surface area (Å²) in [6.07, 6.45) is 3.68. The molecule has 2 N–H and O–H groups in total. The molecule has 0 saturated heterocycles. The molecule has 0 spiro atoms. The first-order chi connectivity index (χ1) is 14.4. The predicted molar refractivity (Wildman–Crippen MR) is 109 cm³/mol. The maximum Gasteiger partial charge on any atom is 0.204 e. The van der Waals surface area contributed by atoms with Crippen LogP contribution < -0.4 is 4.74 Å². The first-order valence-electron chi connectivity index (χ1n) is 9.07. The quantitative estimate of drug-likeness (QED) is 0.460. The Hall–Kier alpha value is -4.26. The number of aromatic nitrogens is 6. The van der Waals surface area contributed by atoms with Gasteiger partial charge in [0.1, 0.15) is 11.5 Å². The number of nitrogens with one attached hydrogen (secondary N) is 2. The second-order valence-electron chi connectivity index (χ2n) is 6.43. The average Bonchev–Trinajstić information content (AvgIpc) is 3.49. The van der Waals surface area contributed by atoms with Crippen LogP contribution in [0.2, 0.25) is 0 Å². The van der Waals surface area contributed by atoms with Crippen molar-refractivity contribution in [1.29, 1.82) is 0 Å². The van der Waals surface area contributed by atoms with E-state index in [1.807, 2.05) is 72.9 Å². The van der Waals surface area contributed by atoms with Crippen molar-refractivity contribution in [3.8, 4) is 45.1 Å². The Morgan fingerprint density at radius 3 is 2.41 bits per heavy atom. The minimum atomic E-state index is 0.549. The van der Waals surface area contributed by atoms with Crippen molar-refractivity contribution >= 4 is 0 Å². The van der Waals surface area contributed by atoms with Crippen molar-refractivity contribution in [3.63, 3.8) is 0 Å². The van der Waals surface area contributed by atoms with Gasteiger partial charge in [0.2, 0.25) is 5.82 Å². The topological polar surface area (TPSA) is 92.4 Å². The largest absolute Gasteiger partial charge is 0.457 e. The lowest BCUT2D eigenvalue weighted by atomic mass is 9.95. The highest BCUT2D eigenvalue weighted by Crippen LogP contribution is 2.37. The number of rotatable bonds is 5. The van der Waals surface area contributed by atoms with E-state index in [-0.39, 0.29) is 0 Å². The Morgan fingerprint density at radius 2 is 1.62 bits per heavy atom. The number of ether oxygens (including phenoxy) is 1. The Labute approximate surface area is 166 Å². The molecule has 2 aromatic heterocycles. The highest BCUT2D eigenvalue weighted by atomic mass is 16.5. The maximum atomic E-state index is 6.05. The fourth-order valence-electron chi connectivity index (χ4n) is 3.21. The second kappa shape index (κ2) is 7.40. The zero-order chi connectivity index (χ0) is 19.5. The van der Waals surface area contributed by atoms with Crippen LogP contribution in [0.4, 0.5) is 0 Å². The van der Waals surface area contributed by atoms with Gasteiger partial charge in [-0.15, -0.1) is 10.2 Å². The van der Waals surface area contributed by atoms with E-state index in [1.54, 1.807) is 6.20 Å². The molecular formula is C22H16N6O. The molecular weight excluding hydrogens is 364 g/mol. The fraction of sp³-hybridized carbons (Fsp3) is 0. The third-order valence-corrected chi connectivity index (χ3v) is 4.56. The van der Waals surface area contributed by atoms with Crippen molar-refractivity contribution in [3.05, 3.63) is 85.2 Å². The molecule has 0 radical (unpaired) electrons. The number of nitrogens with zero attached hydrogens (tertiary/aromatic N) is 4. The number of aromatic amines is 2. The number of H-pyrrole nitrogens is 2. The van der Waals surface area contributed by atoms with Gasteiger partial charge in [-0.1, -0.05) is 36.4 Å². The Bertz CT molecular complexity index is 1220. The highest BCUT2D eigenvalue weighted by molar-refractivity contribution is 5.85. The van der Waals surface area contributed by atoms with Gasteiger partial charge in [-0.3, -0.25) is 5.10 Å². The number of hydrogen-bond acceptors (Lipinski definition) is 5. The van der Waals surface area contributed by atoms with Gasteiger partial charge in [-0.2, -0.15) is 10.3 Å². The lowest BCUT2D eigenvalue weighted by Gasteiger charge is -2.13. The predicted octanol–water partition coefficient (Wildman–Crippen LogP) is 4.72. The first-order valence-corrected chi connectivity index (χ1v) is 9.07. The van der Waals surface area contributed by atoms with Crippen LogP contribution in [-0.4, -0.2) is 30.8 Å². The second-order valence-corrected chi connectivity index (χ2v) is 6.43. The summed E-state index contributed by atoms with van der Waals surface area (Å²) in [5.74, 6) is 2.09. The molecule has 0 aliphatic carbocycles. The summed E-state index contributed by atoms with van der Waals surface area (Å²) in [6, 6.07) is 23.8. The van der Waals surface area contributed by atoms with E-state index in [2.05, 4.69) is 36.9 Å². The van der Waals surface area contributed by atoms with Gasteiger partial charge in [0.05, 0.1) is 6.20 Å². The van der Waals surface area contributed by atoms with E-state index in [0.717, 1.165) is 39.3 Å². The number of benzene rings is 3. The molecule has 0 aliphatic heterocycles. The van der Waals surface area contributed by atoms with Gasteiger partial charge >= 0.3 is 0 Å². The third kappa shape index (κ3) is 3.49. The highest BCUT2D eigenvalue weighted by Gasteiger charge is 2.13. The number of para-hydroxylation sites is 1. The molecule has 7 heteroatoms.